The van der Waals surface area contributed by atoms with Gasteiger partial charge in [0.2, 0.25) is 5.95 Å². The molecule has 3 aromatic carbocycles. The highest BCUT2D eigenvalue weighted by Gasteiger charge is 2.19. The van der Waals surface area contributed by atoms with Crippen molar-refractivity contribution in [2.45, 2.75) is 6.54 Å². The number of pyridine rings is 1. The Hall–Kier alpha value is -5.26. The van der Waals surface area contributed by atoms with Crippen molar-refractivity contribution in [2.75, 3.05) is 5.32 Å². The van der Waals surface area contributed by atoms with Crippen LogP contribution in [0.4, 0.5) is 24.8 Å². The molecule has 9 nitrogen and oxygen atoms in total. The summed E-state index contributed by atoms with van der Waals surface area (Å²) in [5.74, 6) is -4.62. The van der Waals surface area contributed by atoms with Crippen LogP contribution in [-0.2, 0) is 13.6 Å². The minimum absolute atomic E-state index is 0.0534. The zero-order valence-electron chi connectivity index (χ0n) is 20.3. The van der Waals surface area contributed by atoms with Crippen LogP contribution >= 0.6 is 0 Å². The number of hydrogen-bond acceptors (Lipinski definition) is 6. The molecule has 0 atom stereocenters. The number of benzene rings is 3. The first-order valence-corrected chi connectivity index (χ1v) is 11.7. The predicted octanol–water partition coefficient (Wildman–Crippen LogP) is 4.04. The molecule has 0 aliphatic carbocycles. The Labute approximate surface area is 217 Å². The highest BCUT2D eigenvalue weighted by atomic mass is 19.2. The molecule has 0 saturated heterocycles. The van der Waals surface area contributed by atoms with Crippen LogP contribution in [0.25, 0.3) is 27.4 Å². The fourth-order valence-electron chi connectivity index (χ4n) is 4.45. The van der Waals surface area contributed by atoms with Crippen LogP contribution in [0.5, 0.6) is 0 Å². The van der Waals surface area contributed by atoms with Crippen molar-refractivity contribution < 1.29 is 13.2 Å². The molecule has 3 aromatic heterocycles. The molecule has 39 heavy (non-hydrogen) atoms. The Bertz CT molecular complexity index is 2000. The lowest BCUT2D eigenvalue weighted by Gasteiger charge is -2.16. The predicted molar refractivity (Wildman–Crippen MR) is 139 cm³/mol. The van der Waals surface area contributed by atoms with Crippen LogP contribution in [0.15, 0.2) is 82.8 Å². The average Bonchev–Trinajstić information content (AvgIpc) is 3.29. The van der Waals surface area contributed by atoms with E-state index in [2.05, 4.69) is 20.4 Å². The fourth-order valence-corrected chi connectivity index (χ4v) is 4.45. The van der Waals surface area contributed by atoms with E-state index in [0.717, 1.165) is 32.2 Å². The van der Waals surface area contributed by atoms with Crippen molar-refractivity contribution in [2.24, 2.45) is 7.05 Å². The minimum atomic E-state index is -1.63. The molecule has 6 rings (SSSR count). The molecule has 0 bridgehead atoms. The van der Waals surface area contributed by atoms with Crippen LogP contribution in [-0.4, -0.2) is 28.9 Å². The van der Waals surface area contributed by atoms with E-state index in [1.807, 2.05) is 0 Å². The summed E-state index contributed by atoms with van der Waals surface area (Å²) in [4.78, 5) is 35.3. The highest BCUT2D eigenvalue weighted by molar-refractivity contribution is 5.89. The highest BCUT2D eigenvalue weighted by Crippen LogP contribution is 2.22. The first-order chi connectivity index (χ1) is 18.8. The largest absolute Gasteiger partial charge is 0.359 e. The molecule has 0 radical (unpaired) electrons. The molecule has 0 saturated carbocycles. The summed E-state index contributed by atoms with van der Waals surface area (Å²) in [6.07, 6.45) is 4.73. The van der Waals surface area contributed by atoms with Crippen LogP contribution < -0.4 is 16.7 Å². The van der Waals surface area contributed by atoms with Gasteiger partial charge >= 0.3 is 11.4 Å². The van der Waals surface area contributed by atoms with Gasteiger partial charge in [-0.3, -0.25) is 14.2 Å². The summed E-state index contributed by atoms with van der Waals surface area (Å²) in [6.45, 7) is -0.421. The Kier molecular flexibility index (Phi) is 5.71. The van der Waals surface area contributed by atoms with Gasteiger partial charge in [-0.05, 0) is 35.9 Å². The van der Waals surface area contributed by atoms with E-state index < -0.39 is 35.4 Å². The summed E-state index contributed by atoms with van der Waals surface area (Å²) >= 11 is 0. The lowest BCUT2D eigenvalue weighted by Crippen LogP contribution is -2.42. The maximum Gasteiger partial charge on any atom is 0.359 e. The molecule has 3 heterocycles. The summed E-state index contributed by atoms with van der Waals surface area (Å²) in [5.41, 5.74) is -0.397. The van der Waals surface area contributed by atoms with Gasteiger partial charge in [0, 0.05) is 41.3 Å². The Morgan fingerprint density at radius 3 is 2.49 bits per heavy atom. The maximum absolute atomic E-state index is 14.0. The standard InChI is InChI=1S/C27H18F3N7O2/c1-35-14-17-10-18(6-7-22(17)34-35)32-25-33-26(38)37(23-12-31-11-16-4-2-3-5-19(16)23)27(39)36(25)13-15-8-20(28)24(30)21(29)9-15/h2-12,14H,13H2,1H3,(H,32,33,38). The number of fused-ring (bicyclic) bond motifs is 2. The average molecular weight is 529 g/mol. The first-order valence-electron chi connectivity index (χ1n) is 11.7. The topological polar surface area (TPSA) is 99.6 Å². The number of aryl methyl sites for hydroxylation is 1. The molecule has 6 aromatic rings. The van der Waals surface area contributed by atoms with Gasteiger partial charge < -0.3 is 5.32 Å². The fraction of sp³-hybridized carbons (Fsp3) is 0.0741. The van der Waals surface area contributed by atoms with E-state index in [4.69, 9.17) is 0 Å². The second-order valence-corrected chi connectivity index (χ2v) is 8.88. The molecule has 0 unspecified atom stereocenters. The summed E-state index contributed by atoms with van der Waals surface area (Å²) in [6, 6.07) is 13.8. The first kappa shape index (κ1) is 24.1. The quantitative estimate of drug-likeness (QED) is 0.339. The molecule has 194 valence electrons. The number of nitrogens with one attached hydrogen (secondary N) is 1. The van der Waals surface area contributed by atoms with E-state index in [1.54, 1.807) is 66.6 Å². The smallest absolute Gasteiger partial charge is 0.325 e. The lowest BCUT2D eigenvalue weighted by molar-refractivity contribution is 0.444. The SMILES string of the molecule is Cn1cc2cc(Nc3nc(=O)n(-c4cncc5ccccc45)c(=O)n3Cc3cc(F)c(F)c(F)c3)ccc2n1. The third-order valence-corrected chi connectivity index (χ3v) is 6.22. The van der Waals surface area contributed by atoms with E-state index in [0.29, 0.717) is 16.5 Å². The number of halogens is 3. The van der Waals surface area contributed by atoms with Crippen LogP contribution in [0.1, 0.15) is 5.56 Å². The van der Waals surface area contributed by atoms with Crippen molar-refractivity contribution in [3.05, 3.63) is 117 Å². The Morgan fingerprint density at radius 1 is 0.923 bits per heavy atom. The molecular formula is C27H18F3N7O2. The molecule has 0 fully saturated rings. The zero-order chi connectivity index (χ0) is 27.3. The van der Waals surface area contributed by atoms with Crippen LogP contribution in [0.2, 0.25) is 0 Å². The van der Waals surface area contributed by atoms with Gasteiger partial charge in [-0.15, -0.1) is 0 Å². The summed E-state index contributed by atoms with van der Waals surface area (Å²) in [5, 5.41) is 9.31. The molecule has 0 aliphatic heterocycles. The third-order valence-electron chi connectivity index (χ3n) is 6.22. The van der Waals surface area contributed by atoms with E-state index in [1.165, 1.54) is 6.20 Å². The van der Waals surface area contributed by atoms with Gasteiger partial charge in [0.15, 0.2) is 17.5 Å². The van der Waals surface area contributed by atoms with Crippen molar-refractivity contribution in [3.63, 3.8) is 0 Å². The summed E-state index contributed by atoms with van der Waals surface area (Å²) < 4.78 is 45.2. The molecule has 0 amide bonds. The Balaban J connectivity index is 1.55. The van der Waals surface area contributed by atoms with Gasteiger partial charge in [-0.2, -0.15) is 10.1 Å². The number of rotatable bonds is 5. The minimum Gasteiger partial charge on any atom is -0.325 e. The molecular weight excluding hydrogens is 511 g/mol. The number of nitrogens with zero attached hydrogens (tertiary/aromatic N) is 6. The second kappa shape index (κ2) is 9.24. The number of aromatic nitrogens is 6. The van der Waals surface area contributed by atoms with Crippen LogP contribution in [0.3, 0.4) is 0 Å². The second-order valence-electron chi connectivity index (χ2n) is 8.88. The van der Waals surface area contributed by atoms with Crippen molar-refractivity contribution in [1.29, 1.82) is 0 Å². The zero-order valence-corrected chi connectivity index (χ0v) is 20.3. The van der Waals surface area contributed by atoms with Gasteiger partial charge in [0.1, 0.15) is 0 Å². The van der Waals surface area contributed by atoms with Gasteiger partial charge in [-0.25, -0.2) is 27.3 Å². The number of hydrogen-bond donors (Lipinski definition) is 1. The molecule has 0 spiro atoms. The number of anilines is 2. The Morgan fingerprint density at radius 2 is 1.69 bits per heavy atom. The normalized spacial score (nSPS) is 11.4. The monoisotopic (exact) mass is 529 g/mol. The third kappa shape index (κ3) is 4.31. The van der Waals surface area contributed by atoms with Gasteiger partial charge in [0.05, 0.1) is 23.9 Å². The molecule has 0 aliphatic rings. The maximum atomic E-state index is 14.0. The van der Waals surface area contributed by atoms with Crippen molar-refractivity contribution >= 4 is 33.3 Å². The van der Waals surface area contributed by atoms with Gasteiger partial charge in [0.25, 0.3) is 0 Å². The molecule has 12 heteroatoms. The summed E-state index contributed by atoms with van der Waals surface area (Å²) in [7, 11) is 1.77. The van der Waals surface area contributed by atoms with Crippen molar-refractivity contribution in [3.8, 4) is 5.69 Å². The van der Waals surface area contributed by atoms with E-state index in [-0.39, 0.29) is 17.2 Å². The van der Waals surface area contributed by atoms with Gasteiger partial charge in [-0.1, -0.05) is 24.3 Å². The van der Waals surface area contributed by atoms with Crippen molar-refractivity contribution in [1.82, 2.24) is 28.9 Å². The van der Waals surface area contributed by atoms with E-state index >= 15 is 0 Å². The van der Waals surface area contributed by atoms with Crippen LogP contribution in [0, 0.1) is 17.5 Å². The van der Waals surface area contributed by atoms with E-state index in [9.17, 15) is 22.8 Å². The lowest BCUT2D eigenvalue weighted by atomic mass is 10.1. The molecule has 1 N–H and O–H groups in total.